The molecule has 2 rings (SSSR count). The van der Waals surface area contributed by atoms with Gasteiger partial charge in [0.15, 0.2) is 5.13 Å². The summed E-state index contributed by atoms with van der Waals surface area (Å²) in [5.41, 5.74) is 0.509. The van der Waals surface area contributed by atoms with Gasteiger partial charge in [0.05, 0.1) is 24.9 Å². The Morgan fingerprint density at radius 1 is 1.47 bits per heavy atom. The monoisotopic (exact) mass is 284 g/mol. The number of nitrogens with zero attached hydrogens (tertiary/aromatic N) is 1. The van der Waals surface area contributed by atoms with Crippen molar-refractivity contribution in [3.05, 3.63) is 40.9 Å². The summed E-state index contributed by atoms with van der Waals surface area (Å²) < 4.78 is 30.9. The third-order valence-corrected chi connectivity index (χ3v) is 3.08. The van der Waals surface area contributed by atoms with Crippen LogP contribution in [0, 0.1) is 11.6 Å². The minimum absolute atomic E-state index is 0.000956. The Labute approximate surface area is 112 Å². The summed E-state index contributed by atoms with van der Waals surface area (Å²) in [7, 11) is 1.29. The van der Waals surface area contributed by atoms with E-state index >= 15 is 0 Å². The van der Waals surface area contributed by atoms with E-state index in [1.807, 2.05) is 0 Å². The number of methoxy groups -OCH3 is 1. The first-order chi connectivity index (χ1) is 9.08. The first-order valence-electron chi connectivity index (χ1n) is 5.32. The number of thiazole rings is 1. The fourth-order valence-corrected chi connectivity index (χ4v) is 2.10. The van der Waals surface area contributed by atoms with Crippen LogP contribution in [0.25, 0.3) is 0 Å². The highest BCUT2D eigenvalue weighted by atomic mass is 32.1. The van der Waals surface area contributed by atoms with Gasteiger partial charge in [-0.2, -0.15) is 0 Å². The van der Waals surface area contributed by atoms with Gasteiger partial charge in [0.1, 0.15) is 11.6 Å². The van der Waals surface area contributed by atoms with Gasteiger partial charge in [-0.25, -0.2) is 13.8 Å². The number of anilines is 2. The molecule has 0 amide bonds. The van der Waals surface area contributed by atoms with E-state index in [-0.39, 0.29) is 12.1 Å². The van der Waals surface area contributed by atoms with E-state index in [1.165, 1.54) is 18.4 Å². The average molecular weight is 284 g/mol. The zero-order valence-electron chi connectivity index (χ0n) is 9.94. The summed E-state index contributed by atoms with van der Waals surface area (Å²) in [6.07, 6.45) is 0.0420. The van der Waals surface area contributed by atoms with Crippen molar-refractivity contribution < 1.29 is 18.3 Å². The first-order valence-corrected chi connectivity index (χ1v) is 6.19. The Hall–Kier alpha value is -2.02. The molecular formula is C12H10F2N2O2S. The lowest BCUT2D eigenvalue weighted by Gasteiger charge is -2.03. The maximum Gasteiger partial charge on any atom is 0.311 e. The van der Waals surface area contributed by atoms with Crippen LogP contribution in [-0.4, -0.2) is 18.1 Å². The standard InChI is InChI=1S/C12H10F2N2O2S/c1-18-11(17)5-8-6-19-12(15-8)16-10-4-7(13)2-3-9(10)14/h2-4,6H,5H2,1H3,(H,15,16). The lowest BCUT2D eigenvalue weighted by atomic mass is 10.3. The molecule has 1 aromatic carbocycles. The molecule has 0 aliphatic carbocycles. The molecule has 19 heavy (non-hydrogen) atoms. The van der Waals surface area contributed by atoms with Crippen LogP contribution >= 0.6 is 11.3 Å². The van der Waals surface area contributed by atoms with Crippen LogP contribution in [0.5, 0.6) is 0 Å². The summed E-state index contributed by atoms with van der Waals surface area (Å²) in [5.74, 6) is -1.53. The largest absolute Gasteiger partial charge is 0.469 e. The van der Waals surface area contributed by atoms with E-state index in [9.17, 15) is 13.6 Å². The number of rotatable bonds is 4. The molecule has 0 bridgehead atoms. The number of benzene rings is 1. The molecule has 1 heterocycles. The Balaban J connectivity index is 2.11. The molecule has 0 unspecified atom stereocenters. The van der Waals surface area contributed by atoms with Gasteiger partial charge in [-0.1, -0.05) is 0 Å². The van der Waals surface area contributed by atoms with E-state index in [2.05, 4.69) is 15.0 Å². The minimum Gasteiger partial charge on any atom is -0.469 e. The summed E-state index contributed by atoms with van der Waals surface area (Å²) >= 11 is 1.19. The Morgan fingerprint density at radius 3 is 3.00 bits per heavy atom. The van der Waals surface area contributed by atoms with E-state index < -0.39 is 17.6 Å². The van der Waals surface area contributed by atoms with Crippen molar-refractivity contribution in [2.45, 2.75) is 6.42 Å². The van der Waals surface area contributed by atoms with E-state index in [4.69, 9.17) is 0 Å². The molecule has 1 N–H and O–H groups in total. The number of halogens is 2. The van der Waals surface area contributed by atoms with Gasteiger partial charge in [-0.3, -0.25) is 4.79 Å². The fourth-order valence-electron chi connectivity index (χ4n) is 1.37. The lowest BCUT2D eigenvalue weighted by molar-refractivity contribution is -0.139. The van der Waals surface area contributed by atoms with Gasteiger partial charge in [0, 0.05) is 11.4 Å². The van der Waals surface area contributed by atoms with Crippen molar-refractivity contribution in [2.75, 3.05) is 12.4 Å². The molecule has 7 heteroatoms. The maximum atomic E-state index is 13.4. The van der Waals surface area contributed by atoms with Crippen LogP contribution in [0.2, 0.25) is 0 Å². The Bertz CT molecular complexity index is 601. The second kappa shape index (κ2) is 5.75. The second-order valence-electron chi connectivity index (χ2n) is 3.65. The number of carbonyl (C=O) groups is 1. The molecule has 0 saturated carbocycles. The van der Waals surface area contributed by atoms with Crippen LogP contribution in [0.3, 0.4) is 0 Å². The summed E-state index contributed by atoms with van der Waals surface area (Å²) in [6, 6.07) is 3.10. The predicted octanol–water partition coefficient (Wildman–Crippen LogP) is 2.88. The SMILES string of the molecule is COC(=O)Cc1csc(Nc2cc(F)ccc2F)n1. The second-order valence-corrected chi connectivity index (χ2v) is 4.50. The zero-order valence-corrected chi connectivity index (χ0v) is 10.8. The number of ether oxygens (including phenoxy) is 1. The van der Waals surface area contributed by atoms with Gasteiger partial charge in [-0.05, 0) is 12.1 Å². The first kappa shape index (κ1) is 13.4. The zero-order chi connectivity index (χ0) is 13.8. The van der Waals surface area contributed by atoms with Gasteiger partial charge < -0.3 is 10.1 Å². The Morgan fingerprint density at radius 2 is 2.26 bits per heavy atom. The molecular weight excluding hydrogens is 274 g/mol. The van der Waals surface area contributed by atoms with Gasteiger partial charge in [0.2, 0.25) is 0 Å². The van der Waals surface area contributed by atoms with Gasteiger partial charge in [0.25, 0.3) is 0 Å². The number of esters is 1. The summed E-state index contributed by atoms with van der Waals surface area (Å²) in [4.78, 5) is 15.1. The minimum atomic E-state index is -0.578. The molecule has 1 aromatic heterocycles. The van der Waals surface area contributed by atoms with Crippen molar-refractivity contribution in [2.24, 2.45) is 0 Å². The molecule has 4 nitrogen and oxygen atoms in total. The van der Waals surface area contributed by atoms with Crippen LogP contribution in [0.4, 0.5) is 19.6 Å². The van der Waals surface area contributed by atoms with Crippen LogP contribution < -0.4 is 5.32 Å². The van der Waals surface area contributed by atoms with Crippen LogP contribution in [-0.2, 0) is 16.0 Å². The highest BCUT2D eigenvalue weighted by Crippen LogP contribution is 2.24. The highest BCUT2D eigenvalue weighted by Gasteiger charge is 2.10. The number of aromatic nitrogens is 1. The van der Waals surface area contributed by atoms with Crippen LogP contribution in [0.15, 0.2) is 23.6 Å². The number of nitrogens with one attached hydrogen (secondary N) is 1. The van der Waals surface area contributed by atoms with Gasteiger partial charge >= 0.3 is 5.97 Å². The van der Waals surface area contributed by atoms with Gasteiger partial charge in [-0.15, -0.1) is 11.3 Å². The average Bonchev–Trinajstić information content (AvgIpc) is 2.81. The van der Waals surface area contributed by atoms with Crippen molar-refractivity contribution in [3.8, 4) is 0 Å². The predicted molar refractivity (Wildman–Crippen MR) is 67.5 cm³/mol. The van der Waals surface area contributed by atoms with Crippen molar-refractivity contribution in [3.63, 3.8) is 0 Å². The topological polar surface area (TPSA) is 51.2 Å². The molecule has 0 fully saturated rings. The van der Waals surface area contributed by atoms with Crippen molar-refractivity contribution in [1.29, 1.82) is 0 Å². The smallest absolute Gasteiger partial charge is 0.311 e. The molecule has 0 aliphatic heterocycles. The number of carbonyl (C=O) groups excluding carboxylic acids is 1. The number of hydrogen-bond donors (Lipinski definition) is 1. The van der Waals surface area contributed by atoms with E-state index in [0.717, 1.165) is 18.2 Å². The van der Waals surface area contributed by atoms with Crippen molar-refractivity contribution in [1.82, 2.24) is 4.98 Å². The van der Waals surface area contributed by atoms with E-state index in [1.54, 1.807) is 5.38 Å². The third kappa shape index (κ3) is 3.47. The molecule has 0 atom stereocenters. The third-order valence-electron chi connectivity index (χ3n) is 2.27. The lowest BCUT2D eigenvalue weighted by Crippen LogP contribution is -2.04. The quantitative estimate of drug-likeness (QED) is 0.877. The van der Waals surface area contributed by atoms with E-state index in [0.29, 0.717) is 10.8 Å². The molecule has 0 aliphatic rings. The Kier molecular flexibility index (Phi) is 4.06. The molecule has 0 spiro atoms. The fraction of sp³-hybridized carbons (Fsp3) is 0.167. The van der Waals surface area contributed by atoms with Crippen LogP contribution in [0.1, 0.15) is 5.69 Å². The molecule has 100 valence electrons. The molecule has 0 radical (unpaired) electrons. The van der Waals surface area contributed by atoms with Crippen molar-refractivity contribution >= 4 is 28.1 Å². The normalized spacial score (nSPS) is 10.3. The highest BCUT2D eigenvalue weighted by molar-refractivity contribution is 7.13. The summed E-state index contributed by atoms with van der Waals surface area (Å²) in [5, 5.41) is 4.69. The maximum absolute atomic E-state index is 13.4. The summed E-state index contributed by atoms with van der Waals surface area (Å²) in [6.45, 7) is 0. The molecule has 2 aromatic rings. The number of hydrogen-bond acceptors (Lipinski definition) is 5. The molecule has 0 saturated heterocycles.